The molecule has 0 fully saturated rings. The van der Waals surface area contributed by atoms with Gasteiger partial charge in [-0.1, -0.05) is 0 Å². The average Bonchev–Trinajstić information content (AvgIpc) is 3.06. The zero-order valence-electron chi connectivity index (χ0n) is 26.6. The van der Waals surface area contributed by atoms with Crippen LogP contribution in [-0.2, 0) is 0 Å². The molecule has 0 N–H and O–H groups in total. The molecular weight excluding hydrogens is 534 g/mol. The van der Waals surface area contributed by atoms with E-state index in [1.165, 1.54) is 0 Å². The number of nitrogens with zero attached hydrogens (tertiary/aromatic N) is 3. The molecule has 0 atom stereocenters. The lowest BCUT2D eigenvalue weighted by molar-refractivity contribution is 0.103. The van der Waals surface area contributed by atoms with Gasteiger partial charge in [-0.3, -0.25) is 9.59 Å². The summed E-state index contributed by atoms with van der Waals surface area (Å²) in [7, 11) is 5.55. The monoisotopic (exact) mass is 579 g/mol. The molecule has 0 saturated carbocycles. The van der Waals surface area contributed by atoms with E-state index >= 15 is 0 Å². The van der Waals surface area contributed by atoms with Gasteiger partial charge >= 0.3 is 0 Å². The van der Waals surface area contributed by atoms with Crippen LogP contribution in [0.25, 0.3) is 0 Å². The minimum atomic E-state index is 0.0213. The van der Waals surface area contributed by atoms with E-state index in [9.17, 15) is 9.59 Å². The van der Waals surface area contributed by atoms with E-state index in [1.54, 1.807) is 31.4 Å². The van der Waals surface area contributed by atoms with Gasteiger partial charge in [0.2, 0.25) is 0 Å². The number of carbonyl (C=O) groups is 2. The van der Waals surface area contributed by atoms with Crippen molar-refractivity contribution in [2.45, 2.75) is 27.7 Å². The van der Waals surface area contributed by atoms with Gasteiger partial charge in [0.05, 0.1) is 7.11 Å². The molecule has 0 bridgehead atoms. The fourth-order valence-corrected chi connectivity index (χ4v) is 4.81. The predicted molar refractivity (Wildman–Crippen MR) is 181 cm³/mol. The Morgan fingerprint density at radius 1 is 0.488 bits per heavy atom. The molecule has 0 aliphatic carbocycles. The molecule has 0 aliphatic rings. The van der Waals surface area contributed by atoms with Crippen molar-refractivity contribution in [2.24, 2.45) is 0 Å². The Balaban J connectivity index is 0.000000242. The van der Waals surface area contributed by atoms with Gasteiger partial charge in [0.1, 0.15) is 5.75 Å². The molecule has 4 aromatic carbocycles. The summed E-state index contributed by atoms with van der Waals surface area (Å²) >= 11 is 0. The first kappa shape index (κ1) is 32.9. The zero-order valence-corrected chi connectivity index (χ0v) is 26.6. The summed E-state index contributed by atoms with van der Waals surface area (Å²) in [6.45, 7) is 12.4. The number of methoxy groups -OCH3 is 1. The van der Waals surface area contributed by atoms with E-state index in [1.807, 2.05) is 91.8 Å². The molecule has 0 heterocycles. The summed E-state index contributed by atoms with van der Waals surface area (Å²) in [5.41, 5.74) is 6.23. The molecule has 6 nitrogen and oxygen atoms in total. The van der Waals surface area contributed by atoms with E-state index in [-0.39, 0.29) is 11.6 Å². The lowest BCUT2D eigenvalue weighted by atomic mass is 10.0. The molecule has 0 aliphatic heterocycles. The third kappa shape index (κ3) is 8.71. The second kappa shape index (κ2) is 16.2. The Bertz CT molecular complexity index is 1360. The lowest BCUT2D eigenvalue weighted by Crippen LogP contribution is -2.22. The van der Waals surface area contributed by atoms with Gasteiger partial charge in [0.25, 0.3) is 0 Å². The summed E-state index contributed by atoms with van der Waals surface area (Å²) in [6.07, 6.45) is 0. The van der Waals surface area contributed by atoms with Crippen molar-refractivity contribution >= 4 is 28.6 Å². The largest absolute Gasteiger partial charge is 0.497 e. The minimum absolute atomic E-state index is 0.0213. The van der Waals surface area contributed by atoms with Crippen LogP contribution in [0.2, 0.25) is 0 Å². The molecule has 6 heteroatoms. The summed E-state index contributed by atoms with van der Waals surface area (Å²) in [5, 5.41) is 0. The van der Waals surface area contributed by atoms with E-state index in [4.69, 9.17) is 4.74 Å². The second-order valence-electron chi connectivity index (χ2n) is 10.3. The van der Waals surface area contributed by atoms with Gasteiger partial charge in [0, 0.05) is 79.6 Å². The Morgan fingerprint density at radius 2 is 0.767 bits per heavy atom. The fraction of sp³-hybridized carbons (Fsp3) is 0.297. The quantitative estimate of drug-likeness (QED) is 0.161. The maximum absolute atomic E-state index is 12.7. The van der Waals surface area contributed by atoms with Crippen molar-refractivity contribution in [3.8, 4) is 5.75 Å². The summed E-state index contributed by atoms with van der Waals surface area (Å²) in [5.74, 6) is 0.847. The van der Waals surface area contributed by atoms with Gasteiger partial charge in [-0.05, 0) is 125 Å². The molecule has 226 valence electrons. The number of ether oxygens (including phenoxy) is 1. The summed E-state index contributed by atoms with van der Waals surface area (Å²) < 4.78 is 5.08. The number of hydrogen-bond acceptors (Lipinski definition) is 6. The third-order valence-corrected chi connectivity index (χ3v) is 7.51. The first-order valence-electron chi connectivity index (χ1n) is 15.0. The van der Waals surface area contributed by atoms with Crippen LogP contribution in [0.5, 0.6) is 5.75 Å². The number of hydrogen-bond donors (Lipinski definition) is 0. The predicted octanol–water partition coefficient (Wildman–Crippen LogP) is 7.60. The average molecular weight is 580 g/mol. The number of rotatable bonds is 12. The number of benzene rings is 4. The number of ketones is 2. The summed E-state index contributed by atoms with van der Waals surface area (Å²) in [6, 6.07) is 30.6. The highest BCUT2D eigenvalue weighted by atomic mass is 16.5. The van der Waals surface area contributed by atoms with Gasteiger partial charge in [-0.2, -0.15) is 0 Å². The maximum atomic E-state index is 12.7. The minimum Gasteiger partial charge on any atom is -0.497 e. The van der Waals surface area contributed by atoms with E-state index in [0.717, 1.165) is 60.1 Å². The maximum Gasteiger partial charge on any atom is 0.193 e. The Hall–Kier alpha value is -4.58. The summed E-state index contributed by atoms with van der Waals surface area (Å²) in [4.78, 5) is 31.5. The number of carbonyl (C=O) groups excluding carboxylic acids is 2. The van der Waals surface area contributed by atoms with Crippen molar-refractivity contribution in [1.29, 1.82) is 0 Å². The van der Waals surface area contributed by atoms with Gasteiger partial charge < -0.3 is 19.4 Å². The highest BCUT2D eigenvalue weighted by Crippen LogP contribution is 2.20. The first-order valence-corrected chi connectivity index (χ1v) is 15.0. The van der Waals surface area contributed by atoms with Crippen LogP contribution in [0, 0.1) is 0 Å². The molecule has 43 heavy (non-hydrogen) atoms. The van der Waals surface area contributed by atoms with Crippen LogP contribution >= 0.6 is 0 Å². The lowest BCUT2D eigenvalue weighted by Gasteiger charge is -2.21. The molecule has 0 saturated heterocycles. The van der Waals surface area contributed by atoms with Crippen LogP contribution in [0.1, 0.15) is 59.5 Å². The highest BCUT2D eigenvalue weighted by molar-refractivity contribution is 6.09. The van der Waals surface area contributed by atoms with Crippen molar-refractivity contribution in [1.82, 2.24) is 0 Å². The van der Waals surface area contributed by atoms with Crippen molar-refractivity contribution in [2.75, 3.05) is 62.1 Å². The second-order valence-corrected chi connectivity index (χ2v) is 10.3. The molecule has 0 radical (unpaired) electrons. The smallest absolute Gasteiger partial charge is 0.193 e. The van der Waals surface area contributed by atoms with Crippen molar-refractivity contribution in [3.05, 3.63) is 119 Å². The number of anilines is 3. The molecule has 4 rings (SSSR count). The highest BCUT2D eigenvalue weighted by Gasteiger charge is 2.12. The van der Waals surface area contributed by atoms with Gasteiger partial charge in [-0.25, -0.2) is 0 Å². The van der Waals surface area contributed by atoms with Crippen LogP contribution < -0.4 is 19.4 Å². The topological polar surface area (TPSA) is 53.1 Å². The van der Waals surface area contributed by atoms with Crippen LogP contribution in [0.4, 0.5) is 17.1 Å². The van der Waals surface area contributed by atoms with Crippen molar-refractivity contribution < 1.29 is 14.3 Å². The van der Waals surface area contributed by atoms with E-state index in [0.29, 0.717) is 11.1 Å². The third-order valence-electron chi connectivity index (χ3n) is 7.51. The van der Waals surface area contributed by atoms with Gasteiger partial charge in [0.15, 0.2) is 11.6 Å². The standard InChI is InChI=1S/C21H28N2O.C16H17NO2/c1-5-22(6-2)19-13-9-17(10-14-19)21(24)18-11-15-20(16-12-18)23(7-3)8-4;1-17(2)14-8-4-12(5-9-14)16(18)13-6-10-15(19-3)11-7-13/h9-16H,5-8H2,1-4H3;4-11H,1-3H3. The Labute approximate surface area is 257 Å². The zero-order chi connectivity index (χ0) is 31.4. The Kier molecular flexibility index (Phi) is 12.4. The molecule has 0 unspecified atom stereocenters. The SMILES string of the molecule is CCN(CC)c1ccc(C(=O)c2ccc(N(CC)CC)cc2)cc1.COc1ccc(C(=O)c2ccc(N(C)C)cc2)cc1. The molecule has 4 aromatic rings. The van der Waals surface area contributed by atoms with E-state index in [2.05, 4.69) is 37.5 Å². The molecule has 0 spiro atoms. The molecular formula is C37H45N3O3. The molecule has 0 aromatic heterocycles. The van der Waals surface area contributed by atoms with Crippen molar-refractivity contribution in [3.63, 3.8) is 0 Å². The van der Waals surface area contributed by atoms with Crippen LogP contribution in [0.3, 0.4) is 0 Å². The Morgan fingerprint density at radius 3 is 1.02 bits per heavy atom. The first-order chi connectivity index (χ1) is 20.8. The van der Waals surface area contributed by atoms with Crippen LogP contribution in [0.15, 0.2) is 97.1 Å². The fourth-order valence-electron chi connectivity index (χ4n) is 4.81. The van der Waals surface area contributed by atoms with E-state index < -0.39 is 0 Å². The normalized spacial score (nSPS) is 10.3. The molecule has 0 amide bonds. The van der Waals surface area contributed by atoms with Gasteiger partial charge in [-0.15, -0.1) is 0 Å². The van der Waals surface area contributed by atoms with Crippen LogP contribution in [-0.4, -0.2) is 59.0 Å².